The minimum Gasteiger partial charge on any atom is -0.436 e. The van der Waals surface area contributed by atoms with Crippen molar-refractivity contribution in [2.24, 2.45) is 0 Å². The Morgan fingerprint density at radius 2 is 1.41 bits per heavy atom. The molecule has 3 aromatic rings. The Morgan fingerprint density at radius 1 is 0.741 bits per heavy atom. The SMILES string of the molecule is CC(C)c1ccc(C(C)C)c(P2(=O)Oc3ccccc3-c3ccccc32)c1. The largest absolute Gasteiger partial charge is 0.436 e. The third-order valence-electron chi connectivity index (χ3n) is 5.29. The lowest BCUT2D eigenvalue weighted by atomic mass is 9.97. The molecule has 1 aliphatic rings. The molecular formula is C24H25O2P. The monoisotopic (exact) mass is 376 g/mol. The number of hydrogen-bond donors (Lipinski definition) is 0. The lowest BCUT2D eigenvalue weighted by Gasteiger charge is -2.31. The van der Waals surface area contributed by atoms with Gasteiger partial charge < -0.3 is 4.52 Å². The minimum absolute atomic E-state index is 0.264. The van der Waals surface area contributed by atoms with Crippen molar-refractivity contribution in [3.8, 4) is 16.9 Å². The minimum atomic E-state index is -3.25. The quantitative estimate of drug-likeness (QED) is 0.507. The average molecular weight is 376 g/mol. The zero-order valence-electron chi connectivity index (χ0n) is 16.3. The summed E-state index contributed by atoms with van der Waals surface area (Å²) in [6, 6.07) is 22.2. The van der Waals surface area contributed by atoms with E-state index in [1.54, 1.807) is 0 Å². The molecule has 0 aliphatic carbocycles. The van der Waals surface area contributed by atoms with Crippen LogP contribution in [-0.2, 0) is 4.57 Å². The van der Waals surface area contributed by atoms with E-state index in [0.29, 0.717) is 11.7 Å². The maximum Gasteiger partial charge on any atom is 0.307 e. The van der Waals surface area contributed by atoms with E-state index >= 15 is 0 Å². The Hall–Kier alpha value is -2.31. The van der Waals surface area contributed by atoms with Gasteiger partial charge in [0.15, 0.2) is 0 Å². The lowest BCUT2D eigenvalue weighted by molar-refractivity contribution is 0.501. The zero-order chi connectivity index (χ0) is 19.2. The summed E-state index contributed by atoms with van der Waals surface area (Å²) in [6.45, 7) is 8.61. The normalized spacial score (nSPS) is 18.1. The Morgan fingerprint density at radius 3 is 2.11 bits per heavy atom. The second-order valence-corrected chi connectivity index (χ2v) is 10.0. The molecule has 27 heavy (non-hydrogen) atoms. The molecule has 0 saturated carbocycles. The van der Waals surface area contributed by atoms with Crippen LogP contribution >= 0.6 is 7.37 Å². The molecular weight excluding hydrogens is 351 g/mol. The molecule has 1 atom stereocenters. The van der Waals surface area contributed by atoms with E-state index in [0.717, 1.165) is 27.3 Å². The maximum absolute atomic E-state index is 14.5. The fourth-order valence-electron chi connectivity index (χ4n) is 3.76. The summed E-state index contributed by atoms with van der Waals surface area (Å²) in [5.41, 5.74) is 4.29. The second-order valence-electron chi connectivity index (χ2n) is 7.78. The van der Waals surface area contributed by atoms with Crippen LogP contribution in [0.25, 0.3) is 11.1 Å². The zero-order valence-corrected chi connectivity index (χ0v) is 17.2. The third-order valence-corrected chi connectivity index (χ3v) is 7.79. The molecule has 2 nitrogen and oxygen atoms in total. The lowest BCUT2D eigenvalue weighted by Crippen LogP contribution is -2.28. The number of para-hydroxylation sites is 1. The highest BCUT2D eigenvalue weighted by Crippen LogP contribution is 2.54. The fourth-order valence-corrected chi connectivity index (χ4v) is 6.44. The van der Waals surface area contributed by atoms with Crippen LogP contribution in [0, 0.1) is 0 Å². The van der Waals surface area contributed by atoms with Gasteiger partial charge in [-0.3, -0.25) is 4.57 Å². The smallest absolute Gasteiger partial charge is 0.307 e. The second kappa shape index (κ2) is 6.69. The first-order valence-electron chi connectivity index (χ1n) is 9.55. The van der Waals surface area contributed by atoms with E-state index in [-0.39, 0.29) is 5.92 Å². The summed E-state index contributed by atoms with van der Waals surface area (Å²) in [4.78, 5) is 0. The van der Waals surface area contributed by atoms with Gasteiger partial charge in [0.05, 0.1) is 10.6 Å². The summed E-state index contributed by atoms with van der Waals surface area (Å²) in [5, 5.41) is 1.64. The summed E-state index contributed by atoms with van der Waals surface area (Å²) in [6.07, 6.45) is 0. The molecule has 0 bridgehead atoms. The van der Waals surface area contributed by atoms with E-state index < -0.39 is 7.37 Å². The molecule has 3 heteroatoms. The van der Waals surface area contributed by atoms with Gasteiger partial charge in [-0.25, -0.2) is 0 Å². The Kier molecular flexibility index (Phi) is 4.48. The fraction of sp³-hybridized carbons (Fsp3) is 0.250. The van der Waals surface area contributed by atoms with Crippen molar-refractivity contribution >= 4 is 18.0 Å². The average Bonchev–Trinajstić information content (AvgIpc) is 2.67. The summed E-state index contributed by atoms with van der Waals surface area (Å²) in [7, 11) is -3.25. The van der Waals surface area contributed by atoms with Gasteiger partial charge in [0.2, 0.25) is 0 Å². The van der Waals surface area contributed by atoms with Crippen LogP contribution in [0.2, 0.25) is 0 Å². The van der Waals surface area contributed by atoms with Crippen molar-refractivity contribution in [2.75, 3.05) is 0 Å². The predicted molar refractivity (Wildman–Crippen MR) is 114 cm³/mol. The van der Waals surface area contributed by atoms with Crippen molar-refractivity contribution in [3.05, 3.63) is 77.9 Å². The molecule has 3 aromatic carbocycles. The molecule has 1 unspecified atom stereocenters. The van der Waals surface area contributed by atoms with Crippen molar-refractivity contribution in [2.45, 2.75) is 39.5 Å². The topological polar surface area (TPSA) is 26.3 Å². The van der Waals surface area contributed by atoms with Crippen molar-refractivity contribution in [1.82, 2.24) is 0 Å². The first-order valence-corrected chi connectivity index (χ1v) is 11.2. The van der Waals surface area contributed by atoms with E-state index in [9.17, 15) is 4.57 Å². The van der Waals surface area contributed by atoms with Gasteiger partial charge in [-0.2, -0.15) is 0 Å². The van der Waals surface area contributed by atoms with Crippen molar-refractivity contribution in [3.63, 3.8) is 0 Å². The standard InChI is InChI=1S/C24H25O2P/c1-16(2)18-13-14-19(17(3)4)24(15-18)27(25)23-12-8-6-10-21(23)20-9-5-7-11-22(20)26-27/h5-17H,1-4H3. The van der Waals surface area contributed by atoms with E-state index in [4.69, 9.17) is 4.52 Å². The van der Waals surface area contributed by atoms with E-state index in [1.165, 1.54) is 5.56 Å². The highest BCUT2D eigenvalue weighted by Gasteiger charge is 2.39. The number of fused-ring (bicyclic) bond motifs is 3. The van der Waals surface area contributed by atoms with E-state index in [2.05, 4.69) is 45.9 Å². The van der Waals surface area contributed by atoms with Crippen LogP contribution < -0.4 is 15.1 Å². The van der Waals surface area contributed by atoms with Gasteiger partial charge in [0.25, 0.3) is 0 Å². The van der Waals surface area contributed by atoms with Crippen LogP contribution in [0.3, 0.4) is 0 Å². The summed E-state index contributed by atoms with van der Waals surface area (Å²) >= 11 is 0. The third kappa shape index (κ3) is 2.93. The number of rotatable bonds is 3. The predicted octanol–water partition coefficient (Wildman–Crippen LogP) is 6.22. The van der Waals surface area contributed by atoms with Gasteiger partial charge in [-0.05, 0) is 46.7 Å². The first-order chi connectivity index (χ1) is 12.9. The molecule has 0 N–H and O–H groups in total. The summed E-state index contributed by atoms with van der Waals surface area (Å²) < 4.78 is 20.8. The van der Waals surface area contributed by atoms with Crippen molar-refractivity contribution in [1.29, 1.82) is 0 Å². The highest BCUT2D eigenvalue weighted by molar-refractivity contribution is 7.75. The van der Waals surface area contributed by atoms with Crippen molar-refractivity contribution < 1.29 is 9.09 Å². The Labute approximate surface area is 161 Å². The molecule has 0 aromatic heterocycles. The van der Waals surface area contributed by atoms with E-state index in [1.807, 2.05) is 48.5 Å². The van der Waals surface area contributed by atoms with Crippen LogP contribution in [0.15, 0.2) is 66.7 Å². The van der Waals surface area contributed by atoms with Gasteiger partial charge in [-0.15, -0.1) is 0 Å². The number of hydrogen-bond acceptors (Lipinski definition) is 2. The molecule has 4 rings (SSSR count). The molecule has 1 heterocycles. The molecule has 1 aliphatic heterocycles. The van der Waals surface area contributed by atoms with Crippen LogP contribution in [-0.4, -0.2) is 0 Å². The van der Waals surface area contributed by atoms with Gasteiger partial charge in [0.1, 0.15) is 5.75 Å². The molecule has 0 radical (unpaired) electrons. The molecule has 138 valence electrons. The Balaban J connectivity index is 2.02. The molecule has 0 spiro atoms. The highest BCUT2D eigenvalue weighted by atomic mass is 31.2. The maximum atomic E-state index is 14.5. The molecule has 0 amide bonds. The van der Waals surface area contributed by atoms with Crippen LogP contribution in [0.4, 0.5) is 0 Å². The van der Waals surface area contributed by atoms with Gasteiger partial charge in [0, 0.05) is 5.56 Å². The molecule has 0 saturated heterocycles. The van der Waals surface area contributed by atoms with Crippen LogP contribution in [0.1, 0.15) is 50.7 Å². The molecule has 0 fully saturated rings. The van der Waals surface area contributed by atoms with Gasteiger partial charge >= 0.3 is 7.37 Å². The Bertz CT molecular complexity index is 1050. The number of benzene rings is 3. The summed E-state index contributed by atoms with van der Waals surface area (Å²) in [5.74, 6) is 1.33. The van der Waals surface area contributed by atoms with Gasteiger partial charge in [-0.1, -0.05) is 76.2 Å². The first kappa shape index (κ1) is 18.1. The van der Waals surface area contributed by atoms with Crippen LogP contribution in [0.5, 0.6) is 5.75 Å².